The van der Waals surface area contributed by atoms with E-state index in [1.807, 2.05) is 0 Å². The molecule has 0 fully saturated rings. The highest BCUT2D eigenvalue weighted by atomic mass is 35.5. The van der Waals surface area contributed by atoms with Crippen molar-refractivity contribution in [3.63, 3.8) is 0 Å². The summed E-state index contributed by atoms with van der Waals surface area (Å²) >= 11 is 6.06. The second-order valence-corrected chi connectivity index (χ2v) is 5.56. The molecular formula is C17H11ClF3N3. The van der Waals surface area contributed by atoms with Crippen LogP contribution in [0.4, 0.5) is 19.0 Å². The molecule has 3 nitrogen and oxygen atoms in total. The highest BCUT2D eigenvalue weighted by Gasteiger charge is 2.16. The molecule has 0 spiro atoms. The number of nitrogen functional groups attached to an aromatic ring is 1. The van der Waals surface area contributed by atoms with Gasteiger partial charge in [-0.3, -0.25) is 0 Å². The van der Waals surface area contributed by atoms with Gasteiger partial charge in [-0.2, -0.15) is 4.39 Å². The normalized spacial score (nSPS) is 10.8. The minimum Gasteiger partial charge on any atom is -0.381 e. The van der Waals surface area contributed by atoms with Crippen molar-refractivity contribution in [3.8, 4) is 11.3 Å². The molecule has 0 amide bonds. The molecule has 2 heterocycles. The van der Waals surface area contributed by atoms with Crippen molar-refractivity contribution in [3.05, 3.63) is 76.3 Å². The lowest BCUT2D eigenvalue weighted by molar-refractivity contribution is 0.584. The van der Waals surface area contributed by atoms with Gasteiger partial charge >= 0.3 is 0 Å². The average molecular weight is 350 g/mol. The Kier molecular flexibility index (Phi) is 4.40. The van der Waals surface area contributed by atoms with Crippen LogP contribution in [0.25, 0.3) is 11.3 Å². The number of aromatic nitrogens is 2. The molecule has 1 aromatic carbocycles. The van der Waals surface area contributed by atoms with E-state index in [1.165, 1.54) is 18.2 Å². The maximum atomic E-state index is 13.9. The third-order valence-corrected chi connectivity index (χ3v) is 3.74. The summed E-state index contributed by atoms with van der Waals surface area (Å²) < 4.78 is 40.7. The highest BCUT2D eigenvalue weighted by molar-refractivity contribution is 6.33. The van der Waals surface area contributed by atoms with Crippen LogP contribution >= 0.6 is 11.6 Å². The van der Waals surface area contributed by atoms with Crippen LogP contribution in [-0.2, 0) is 6.42 Å². The molecule has 0 aliphatic carbocycles. The maximum absolute atomic E-state index is 13.9. The number of nitrogens with zero attached hydrogens (tertiary/aromatic N) is 2. The summed E-state index contributed by atoms with van der Waals surface area (Å²) in [5, 5.41) is 0.149. The number of anilines is 1. The molecule has 0 saturated carbocycles. The molecule has 7 heteroatoms. The molecule has 0 aliphatic heterocycles. The van der Waals surface area contributed by atoms with E-state index in [0.717, 1.165) is 12.3 Å². The van der Waals surface area contributed by atoms with Gasteiger partial charge in [-0.15, -0.1) is 0 Å². The molecule has 2 aromatic heterocycles. The van der Waals surface area contributed by atoms with Gasteiger partial charge in [0.1, 0.15) is 5.82 Å². The van der Waals surface area contributed by atoms with Crippen molar-refractivity contribution in [1.82, 2.24) is 9.97 Å². The minimum atomic E-state index is -0.754. The molecule has 0 aliphatic rings. The summed E-state index contributed by atoms with van der Waals surface area (Å²) in [5.74, 6) is -2.21. The van der Waals surface area contributed by atoms with E-state index in [9.17, 15) is 13.2 Å². The van der Waals surface area contributed by atoms with Gasteiger partial charge in [0.05, 0.1) is 10.7 Å². The first-order valence-corrected chi connectivity index (χ1v) is 7.32. The number of halogens is 4. The van der Waals surface area contributed by atoms with Crippen LogP contribution in [0.5, 0.6) is 0 Å². The summed E-state index contributed by atoms with van der Waals surface area (Å²) in [6.07, 6.45) is 1.32. The zero-order valence-electron chi connectivity index (χ0n) is 12.2. The predicted molar refractivity (Wildman–Crippen MR) is 86.0 cm³/mol. The van der Waals surface area contributed by atoms with Crippen molar-refractivity contribution in [2.75, 3.05) is 5.73 Å². The first-order chi connectivity index (χ1) is 11.4. The Bertz CT molecular complexity index is 916. The minimum absolute atomic E-state index is 0.149. The van der Waals surface area contributed by atoms with Gasteiger partial charge in [0, 0.05) is 17.8 Å². The molecule has 0 unspecified atom stereocenters. The summed E-state index contributed by atoms with van der Waals surface area (Å²) in [6.45, 7) is 0. The van der Waals surface area contributed by atoms with Crippen molar-refractivity contribution in [2.45, 2.75) is 6.42 Å². The molecule has 2 N–H and O–H groups in total. The van der Waals surface area contributed by atoms with Crippen LogP contribution in [0.15, 0.2) is 42.6 Å². The fourth-order valence-corrected chi connectivity index (χ4v) is 2.56. The van der Waals surface area contributed by atoms with Gasteiger partial charge in [0.15, 0.2) is 11.6 Å². The van der Waals surface area contributed by atoms with E-state index in [1.54, 1.807) is 12.1 Å². The Morgan fingerprint density at radius 3 is 2.62 bits per heavy atom. The molecule has 122 valence electrons. The average Bonchev–Trinajstić information content (AvgIpc) is 2.53. The standard InChI is InChI=1S/C17H11ClF3N3/c18-13-8-23-15(21)7-12(13)16-10(6-14(20)17(22)24-16)4-9-2-1-3-11(19)5-9/h1-3,5-8H,4H2,(H2,22,24). The van der Waals surface area contributed by atoms with E-state index in [0.29, 0.717) is 11.1 Å². The second-order valence-electron chi connectivity index (χ2n) is 5.16. The van der Waals surface area contributed by atoms with E-state index >= 15 is 0 Å². The van der Waals surface area contributed by atoms with Gasteiger partial charge < -0.3 is 5.73 Å². The van der Waals surface area contributed by atoms with E-state index in [-0.39, 0.29) is 28.5 Å². The van der Waals surface area contributed by atoms with Gasteiger partial charge in [0.2, 0.25) is 5.95 Å². The first kappa shape index (κ1) is 16.3. The second kappa shape index (κ2) is 6.49. The summed E-state index contributed by atoms with van der Waals surface area (Å²) in [4.78, 5) is 7.44. The van der Waals surface area contributed by atoms with Gasteiger partial charge in [-0.1, -0.05) is 23.7 Å². The monoisotopic (exact) mass is 349 g/mol. The Labute approximate surface area is 140 Å². The third kappa shape index (κ3) is 3.33. The van der Waals surface area contributed by atoms with Gasteiger partial charge in [0.25, 0.3) is 0 Å². The van der Waals surface area contributed by atoms with Gasteiger partial charge in [-0.05, 0) is 35.7 Å². The van der Waals surface area contributed by atoms with E-state index < -0.39 is 17.6 Å². The zero-order valence-corrected chi connectivity index (χ0v) is 13.0. The molecule has 0 radical (unpaired) electrons. The topological polar surface area (TPSA) is 51.8 Å². The lowest BCUT2D eigenvalue weighted by atomic mass is 9.99. The Morgan fingerprint density at radius 2 is 1.88 bits per heavy atom. The fraction of sp³-hybridized carbons (Fsp3) is 0.0588. The molecule has 3 aromatic rings. The maximum Gasteiger partial charge on any atom is 0.213 e. The quantitative estimate of drug-likeness (QED) is 0.714. The third-order valence-electron chi connectivity index (χ3n) is 3.44. The number of nitrogens with two attached hydrogens (primary N) is 1. The van der Waals surface area contributed by atoms with Crippen LogP contribution in [0, 0.1) is 17.6 Å². The van der Waals surface area contributed by atoms with Crippen LogP contribution in [0.3, 0.4) is 0 Å². The van der Waals surface area contributed by atoms with Crippen molar-refractivity contribution >= 4 is 17.4 Å². The van der Waals surface area contributed by atoms with E-state index in [4.69, 9.17) is 17.3 Å². The summed E-state index contributed by atoms with van der Waals surface area (Å²) in [6, 6.07) is 8.16. The predicted octanol–water partition coefficient (Wildman–Crippen LogP) is 4.39. The van der Waals surface area contributed by atoms with E-state index in [2.05, 4.69) is 9.97 Å². The summed E-state index contributed by atoms with van der Waals surface area (Å²) in [7, 11) is 0. The van der Waals surface area contributed by atoms with Gasteiger partial charge in [-0.25, -0.2) is 18.7 Å². The molecule has 0 bridgehead atoms. The molecule has 0 saturated heterocycles. The van der Waals surface area contributed by atoms with Crippen LogP contribution in [0.2, 0.25) is 5.02 Å². The number of hydrogen-bond acceptors (Lipinski definition) is 3. The fourth-order valence-electron chi connectivity index (χ4n) is 2.37. The first-order valence-electron chi connectivity index (χ1n) is 6.95. The molecule has 24 heavy (non-hydrogen) atoms. The Balaban J connectivity index is 2.15. The Morgan fingerprint density at radius 1 is 1.08 bits per heavy atom. The zero-order chi connectivity index (χ0) is 17.3. The smallest absolute Gasteiger partial charge is 0.213 e. The number of rotatable bonds is 3. The Hall–Kier alpha value is -2.60. The number of hydrogen-bond donors (Lipinski definition) is 1. The van der Waals surface area contributed by atoms with Crippen molar-refractivity contribution in [1.29, 1.82) is 0 Å². The van der Waals surface area contributed by atoms with Crippen LogP contribution in [-0.4, -0.2) is 9.97 Å². The summed E-state index contributed by atoms with van der Waals surface area (Å²) in [5.41, 5.74) is 7.01. The number of benzene rings is 1. The van der Waals surface area contributed by atoms with Crippen LogP contribution in [0.1, 0.15) is 11.1 Å². The lowest BCUT2D eigenvalue weighted by Crippen LogP contribution is -2.03. The lowest BCUT2D eigenvalue weighted by Gasteiger charge is -2.12. The molecule has 0 atom stereocenters. The highest BCUT2D eigenvalue weighted by Crippen LogP contribution is 2.31. The largest absolute Gasteiger partial charge is 0.381 e. The molecular weight excluding hydrogens is 339 g/mol. The van der Waals surface area contributed by atoms with Crippen molar-refractivity contribution < 1.29 is 13.2 Å². The SMILES string of the molecule is Nc1nc(-c2cc(F)ncc2Cl)c(Cc2cccc(F)c2)cc1F. The number of pyridine rings is 2. The van der Waals surface area contributed by atoms with Crippen LogP contribution < -0.4 is 5.73 Å². The molecule has 3 rings (SSSR count). The van der Waals surface area contributed by atoms with Crippen molar-refractivity contribution in [2.24, 2.45) is 0 Å².